The molecule has 3 unspecified atom stereocenters. The predicted octanol–water partition coefficient (Wildman–Crippen LogP) is 7.47. The molecule has 0 amide bonds. The molecule has 5 heteroatoms. The van der Waals surface area contributed by atoms with Gasteiger partial charge in [0.15, 0.2) is 0 Å². The number of hydrogen-bond donors (Lipinski definition) is 0. The Morgan fingerprint density at radius 3 is 1.53 bits per heavy atom. The Morgan fingerprint density at radius 1 is 0.722 bits per heavy atom. The van der Waals surface area contributed by atoms with Crippen molar-refractivity contribution in [3.8, 4) is 0 Å². The lowest BCUT2D eigenvalue weighted by atomic mass is 9.78. The molecule has 3 aromatic carbocycles. The topological polar surface area (TPSA) is 36.9 Å². The van der Waals surface area contributed by atoms with Crippen molar-refractivity contribution in [1.29, 1.82) is 0 Å². The zero-order valence-electron chi connectivity index (χ0n) is 21.5. The maximum absolute atomic E-state index is 6.90. The number of hydrogen-bond acceptors (Lipinski definition) is 4. The van der Waals surface area contributed by atoms with Crippen LogP contribution in [0.1, 0.15) is 49.8 Å². The first-order chi connectivity index (χ1) is 17.5. The minimum Gasteiger partial charge on any atom is -0.347 e. The van der Waals surface area contributed by atoms with Crippen molar-refractivity contribution in [1.82, 2.24) is 0 Å². The molecule has 1 saturated carbocycles. The van der Waals surface area contributed by atoms with Crippen LogP contribution < -0.4 is 0 Å². The lowest BCUT2D eigenvalue weighted by Gasteiger charge is -2.39. The van der Waals surface area contributed by atoms with Crippen LogP contribution in [0.2, 0.25) is 0 Å². The van der Waals surface area contributed by atoms with Crippen LogP contribution in [0.3, 0.4) is 0 Å². The fraction of sp³-hybridized carbons (Fsp3) is 0.355. The molecule has 0 saturated heterocycles. The van der Waals surface area contributed by atoms with E-state index in [4.69, 9.17) is 17.7 Å². The quantitative estimate of drug-likeness (QED) is 0.190. The van der Waals surface area contributed by atoms with Crippen molar-refractivity contribution in [2.24, 2.45) is 11.8 Å². The molecule has 4 rings (SSSR count). The molecule has 1 aliphatic rings. The molecule has 4 nitrogen and oxygen atoms in total. The van der Waals surface area contributed by atoms with Gasteiger partial charge in [0.2, 0.25) is 0 Å². The van der Waals surface area contributed by atoms with Gasteiger partial charge in [-0.15, -0.1) is 0 Å². The van der Waals surface area contributed by atoms with Gasteiger partial charge in [-0.1, -0.05) is 110 Å². The maximum Gasteiger partial charge on any atom is 0.680 e. The van der Waals surface area contributed by atoms with E-state index in [0.717, 1.165) is 35.1 Å². The molecule has 0 aliphatic heterocycles. The highest BCUT2D eigenvalue weighted by molar-refractivity contribution is 6.53. The fourth-order valence-electron chi connectivity index (χ4n) is 4.67. The molecule has 0 bridgehead atoms. The summed E-state index contributed by atoms with van der Waals surface area (Å²) in [4.78, 5) is 0. The SMILES string of the molecule is C=C(C)C1CCC(C)CC1O[Si](OCc1ccccc1)(OCc1ccccc1)OCc1ccccc1. The summed E-state index contributed by atoms with van der Waals surface area (Å²) >= 11 is 0. The van der Waals surface area contributed by atoms with Crippen LogP contribution in [0.4, 0.5) is 0 Å². The summed E-state index contributed by atoms with van der Waals surface area (Å²) in [6.45, 7) is 9.74. The molecule has 0 aromatic heterocycles. The third kappa shape index (κ3) is 7.73. The molecule has 1 aliphatic carbocycles. The molecule has 0 spiro atoms. The van der Waals surface area contributed by atoms with Crippen LogP contribution in [0.5, 0.6) is 0 Å². The lowest BCUT2D eigenvalue weighted by molar-refractivity contribution is -0.0863. The summed E-state index contributed by atoms with van der Waals surface area (Å²) in [5, 5.41) is 0. The van der Waals surface area contributed by atoms with Crippen LogP contribution in [-0.4, -0.2) is 15.2 Å². The van der Waals surface area contributed by atoms with E-state index in [1.54, 1.807) is 0 Å². The lowest BCUT2D eigenvalue weighted by Crippen LogP contribution is -2.53. The highest BCUT2D eigenvalue weighted by atomic mass is 28.4. The number of benzene rings is 3. The highest BCUT2D eigenvalue weighted by Crippen LogP contribution is 2.37. The monoisotopic (exact) mass is 502 g/mol. The standard InChI is InChI=1S/C31H38O4Si/c1-25(2)30-20-19-26(3)21-31(30)35-36(32-22-27-13-7-4-8-14-27,33-23-28-15-9-5-10-16-28)34-24-29-17-11-6-12-18-29/h4-18,26,30-31H,1,19-24H2,2-3H3. The predicted molar refractivity (Wildman–Crippen MR) is 146 cm³/mol. The summed E-state index contributed by atoms with van der Waals surface area (Å²) in [6, 6.07) is 30.4. The first-order valence-corrected chi connectivity index (χ1v) is 14.5. The van der Waals surface area contributed by atoms with Gasteiger partial charge < -0.3 is 17.7 Å². The molecular formula is C31H38O4Si. The van der Waals surface area contributed by atoms with Crippen LogP contribution in [0.25, 0.3) is 0 Å². The van der Waals surface area contributed by atoms with Crippen molar-refractivity contribution in [2.75, 3.05) is 0 Å². The minimum atomic E-state index is -3.59. The van der Waals surface area contributed by atoms with Crippen molar-refractivity contribution < 1.29 is 17.7 Å². The minimum absolute atomic E-state index is 0.0553. The van der Waals surface area contributed by atoms with Gasteiger partial charge in [-0.3, -0.25) is 0 Å². The molecule has 1 fully saturated rings. The van der Waals surface area contributed by atoms with E-state index >= 15 is 0 Å². The average molecular weight is 503 g/mol. The molecule has 36 heavy (non-hydrogen) atoms. The van der Waals surface area contributed by atoms with Crippen molar-refractivity contribution in [3.63, 3.8) is 0 Å². The molecule has 3 aromatic rings. The summed E-state index contributed by atoms with van der Waals surface area (Å²) in [6.07, 6.45) is 3.11. The Bertz CT molecular complexity index is 952. The molecule has 190 valence electrons. The van der Waals surface area contributed by atoms with Crippen LogP contribution in [-0.2, 0) is 37.5 Å². The zero-order chi connectivity index (χ0) is 25.2. The summed E-state index contributed by atoms with van der Waals surface area (Å²) < 4.78 is 26.6. The van der Waals surface area contributed by atoms with Gasteiger partial charge in [-0.25, -0.2) is 0 Å². The van der Waals surface area contributed by atoms with Crippen molar-refractivity contribution in [3.05, 3.63) is 120 Å². The second kappa shape index (κ2) is 13.1. The summed E-state index contributed by atoms with van der Waals surface area (Å²) in [5.41, 5.74) is 4.30. The largest absolute Gasteiger partial charge is 0.680 e. The first kappa shape index (κ1) is 26.5. The fourth-order valence-corrected chi connectivity index (χ4v) is 6.79. The Morgan fingerprint density at radius 2 is 1.14 bits per heavy atom. The van der Waals surface area contributed by atoms with Gasteiger partial charge in [0.1, 0.15) is 0 Å². The molecular weight excluding hydrogens is 464 g/mol. The van der Waals surface area contributed by atoms with Gasteiger partial charge in [0.25, 0.3) is 0 Å². The van der Waals surface area contributed by atoms with E-state index < -0.39 is 9.05 Å². The molecule has 0 heterocycles. The zero-order valence-corrected chi connectivity index (χ0v) is 22.5. The maximum atomic E-state index is 6.90. The third-order valence-corrected chi connectivity index (χ3v) is 8.84. The smallest absolute Gasteiger partial charge is 0.347 e. The average Bonchev–Trinajstić information content (AvgIpc) is 2.91. The van der Waals surface area contributed by atoms with Crippen molar-refractivity contribution >= 4 is 9.05 Å². The van der Waals surface area contributed by atoms with Gasteiger partial charge in [-0.2, -0.15) is 0 Å². The second-order valence-corrected chi connectivity index (χ2v) is 12.0. The van der Waals surface area contributed by atoms with Crippen LogP contribution >= 0.6 is 0 Å². The first-order valence-electron chi connectivity index (χ1n) is 12.9. The summed E-state index contributed by atoms with van der Waals surface area (Å²) in [7, 11) is -3.59. The van der Waals surface area contributed by atoms with Crippen LogP contribution in [0.15, 0.2) is 103 Å². The second-order valence-electron chi connectivity index (χ2n) is 9.85. The third-order valence-electron chi connectivity index (χ3n) is 6.76. The number of rotatable bonds is 12. The van der Waals surface area contributed by atoms with E-state index in [-0.39, 0.29) is 12.0 Å². The van der Waals surface area contributed by atoms with Gasteiger partial charge in [0.05, 0.1) is 25.9 Å². The van der Waals surface area contributed by atoms with E-state index in [9.17, 15) is 0 Å². The Kier molecular flexibility index (Phi) is 9.67. The van der Waals surface area contributed by atoms with Crippen LogP contribution in [0, 0.1) is 11.8 Å². The van der Waals surface area contributed by atoms with Gasteiger partial charge in [-0.05, 0) is 48.8 Å². The van der Waals surface area contributed by atoms with Crippen molar-refractivity contribution in [2.45, 2.75) is 59.0 Å². The van der Waals surface area contributed by atoms with Gasteiger partial charge >= 0.3 is 9.05 Å². The normalized spacial score (nSPS) is 20.2. The van der Waals surface area contributed by atoms with E-state index in [1.807, 2.05) is 91.0 Å². The summed E-state index contributed by atoms with van der Waals surface area (Å²) in [5.74, 6) is 0.823. The van der Waals surface area contributed by atoms with Gasteiger partial charge in [0, 0.05) is 5.92 Å². The van der Waals surface area contributed by atoms with E-state index in [0.29, 0.717) is 25.7 Å². The molecule has 0 radical (unpaired) electrons. The highest BCUT2D eigenvalue weighted by Gasteiger charge is 2.50. The molecule has 0 N–H and O–H groups in total. The van der Waals surface area contributed by atoms with E-state index in [2.05, 4.69) is 20.4 Å². The Hall–Kier alpha value is -2.54. The Labute approximate surface area is 217 Å². The Balaban J connectivity index is 1.63. The van der Waals surface area contributed by atoms with E-state index in [1.165, 1.54) is 6.42 Å². The molecule has 3 atom stereocenters.